The largest absolute Gasteiger partial charge is 0.388 e. The van der Waals surface area contributed by atoms with E-state index >= 15 is 0 Å². The number of benzene rings is 1. The van der Waals surface area contributed by atoms with Crippen molar-refractivity contribution in [1.82, 2.24) is 5.32 Å². The van der Waals surface area contributed by atoms with Gasteiger partial charge in [0.2, 0.25) is 5.91 Å². The molecular formula is C17H25NO3. The molecule has 116 valence electrons. The zero-order chi connectivity index (χ0) is 15.3. The molecular weight excluding hydrogens is 266 g/mol. The summed E-state index contributed by atoms with van der Waals surface area (Å²) in [4.78, 5) is 11.9. The molecule has 0 spiro atoms. The lowest BCUT2D eigenvalue weighted by Crippen LogP contribution is -2.46. The maximum absolute atomic E-state index is 11.9. The van der Waals surface area contributed by atoms with Crippen LogP contribution in [0.5, 0.6) is 0 Å². The van der Waals surface area contributed by atoms with Crippen molar-refractivity contribution in [3.05, 3.63) is 34.9 Å². The minimum absolute atomic E-state index is 0.00549. The van der Waals surface area contributed by atoms with E-state index in [1.54, 1.807) is 0 Å². The molecule has 4 heteroatoms. The molecule has 1 aliphatic rings. The predicted octanol–water partition coefficient (Wildman–Crippen LogP) is 1.89. The van der Waals surface area contributed by atoms with Crippen molar-refractivity contribution in [2.45, 2.75) is 45.1 Å². The maximum Gasteiger partial charge on any atom is 0.220 e. The molecule has 0 bridgehead atoms. The Morgan fingerprint density at radius 3 is 2.48 bits per heavy atom. The number of amides is 1. The number of aliphatic hydroxyl groups is 1. The molecule has 1 amide bonds. The zero-order valence-corrected chi connectivity index (χ0v) is 12.9. The van der Waals surface area contributed by atoms with E-state index in [-0.39, 0.29) is 5.91 Å². The van der Waals surface area contributed by atoms with Crippen LogP contribution in [0, 0.1) is 13.8 Å². The lowest BCUT2D eigenvalue weighted by molar-refractivity contribution is -0.123. The number of hydrogen-bond acceptors (Lipinski definition) is 3. The van der Waals surface area contributed by atoms with Crippen molar-refractivity contribution in [3.63, 3.8) is 0 Å². The van der Waals surface area contributed by atoms with Crippen molar-refractivity contribution in [2.24, 2.45) is 0 Å². The third-order valence-corrected chi connectivity index (χ3v) is 3.96. The topological polar surface area (TPSA) is 58.6 Å². The molecule has 21 heavy (non-hydrogen) atoms. The molecule has 2 rings (SSSR count). The first-order valence-corrected chi connectivity index (χ1v) is 7.61. The van der Waals surface area contributed by atoms with Gasteiger partial charge in [-0.05, 0) is 25.8 Å². The molecule has 1 aromatic carbocycles. The quantitative estimate of drug-likeness (QED) is 0.871. The summed E-state index contributed by atoms with van der Waals surface area (Å²) in [7, 11) is 0. The summed E-state index contributed by atoms with van der Waals surface area (Å²) in [6.07, 6.45) is 2.36. The summed E-state index contributed by atoms with van der Waals surface area (Å²) in [6.45, 7) is 5.58. The standard InChI is InChI=1S/C17H25NO3/c1-13-9-14(2)11-15(10-13)3-4-16(19)18-12-17(20)5-7-21-8-6-17/h9-11,20H,3-8,12H2,1-2H3,(H,18,19). The molecule has 0 aromatic heterocycles. The second-order valence-electron chi connectivity index (χ2n) is 6.11. The second kappa shape index (κ2) is 7.05. The van der Waals surface area contributed by atoms with Gasteiger partial charge in [-0.15, -0.1) is 0 Å². The van der Waals surface area contributed by atoms with E-state index in [9.17, 15) is 9.90 Å². The van der Waals surface area contributed by atoms with Gasteiger partial charge in [0, 0.05) is 39.0 Å². The van der Waals surface area contributed by atoms with Crippen LogP contribution in [0.3, 0.4) is 0 Å². The smallest absolute Gasteiger partial charge is 0.220 e. The second-order valence-corrected chi connectivity index (χ2v) is 6.11. The Balaban J connectivity index is 1.76. The zero-order valence-electron chi connectivity index (χ0n) is 12.9. The molecule has 2 N–H and O–H groups in total. The first-order chi connectivity index (χ1) is 9.97. The number of carbonyl (C=O) groups excluding carboxylic acids is 1. The van der Waals surface area contributed by atoms with E-state index in [2.05, 4.69) is 37.4 Å². The van der Waals surface area contributed by atoms with Gasteiger partial charge in [-0.25, -0.2) is 0 Å². The number of ether oxygens (including phenoxy) is 1. The Kier molecular flexibility index (Phi) is 5.37. The van der Waals surface area contributed by atoms with E-state index in [4.69, 9.17) is 4.74 Å². The van der Waals surface area contributed by atoms with E-state index in [1.807, 2.05) is 0 Å². The Bertz CT molecular complexity index is 473. The van der Waals surface area contributed by atoms with E-state index < -0.39 is 5.60 Å². The van der Waals surface area contributed by atoms with Crippen LogP contribution < -0.4 is 5.32 Å². The summed E-state index contributed by atoms with van der Waals surface area (Å²) in [5.41, 5.74) is 2.84. The summed E-state index contributed by atoms with van der Waals surface area (Å²) in [5, 5.41) is 13.1. The SMILES string of the molecule is Cc1cc(C)cc(CCC(=O)NCC2(O)CCOCC2)c1. The van der Waals surface area contributed by atoms with Gasteiger partial charge in [-0.3, -0.25) is 4.79 Å². The van der Waals surface area contributed by atoms with Gasteiger partial charge in [0.05, 0.1) is 5.60 Å². The van der Waals surface area contributed by atoms with Crippen LogP contribution in [0.1, 0.15) is 36.0 Å². The summed E-state index contributed by atoms with van der Waals surface area (Å²) < 4.78 is 5.23. The maximum atomic E-state index is 11.9. The predicted molar refractivity (Wildman–Crippen MR) is 82.2 cm³/mol. The van der Waals surface area contributed by atoms with Crippen molar-refractivity contribution in [2.75, 3.05) is 19.8 Å². The van der Waals surface area contributed by atoms with Crippen molar-refractivity contribution in [3.8, 4) is 0 Å². The number of aryl methyl sites for hydroxylation is 3. The summed E-state index contributed by atoms with van der Waals surface area (Å²) >= 11 is 0. The van der Waals surface area contributed by atoms with Crippen LogP contribution >= 0.6 is 0 Å². The molecule has 1 fully saturated rings. The van der Waals surface area contributed by atoms with Gasteiger partial charge in [0.15, 0.2) is 0 Å². The average molecular weight is 291 g/mol. The monoisotopic (exact) mass is 291 g/mol. The third-order valence-electron chi connectivity index (χ3n) is 3.96. The number of carbonyl (C=O) groups is 1. The van der Waals surface area contributed by atoms with Crippen LogP contribution in [-0.2, 0) is 16.0 Å². The van der Waals surface area contributed by atoms with Gasteiger partial charge in [-0.2, -0.15) is 0 Å². The van der Waals surface area contributed by atoms with Crippen LogP contribution in [0.2, 0.25) is 0 Å². The molecule has 1 aliphatic heterocycles. The highest BCUT2D eigenvalue weighted by atomic mass is 16.5. The van der Waals surface area contributed by atoms with Gasteiger partial charge in [0.25, 0.3) is 0 Å². The lowest BCUT2D eigenvalue weighted by atomic mass is 9.94. The minimum Gasteiger partial charge on any atom is -0.388 e. The fourth-order valence-electron chi connectivity index (χ4n) is 2.75. The molecule has 0 unspecified atom stereocenters. The first kappa shape index (κ1) is 16.0. The third kappa shape index (κ3) is 5.14. The fraction of sp³-hybridized carbons (Fsp3) is 0.588. The summed E-state index contributed by atoms with van der Waals surface area (Å²) in [6, 6.07) is 6.36. The van der Waals surface area contributed by atoms with Gasteiger partial charge in [-0.1, -0.05) is 29.3 Å². The van der Waals surface area contributed by atoms with Crippen molar-refractivity contribution in [1.29, 1.82) is 0 Å². The number of nitrogens with one attached hydrogen (secondary N) is 1. The lowest BCUT2D eigenvalue weighted by Gasteiger charge is -2.32. The Morgan fingerprint density at radius 2 is 1.86 bits per heavy atom. The van der Waals surface area contributed by atoms with Crippen LogP contribution in [0.4, 0.5) is 0 Å². The van der Waals surface area contributed by atoms with E-state index in [0.29, 0.717) is 39.0 Å². The van der Waals surface area contributed by atoms with Crippen LogP contribution in [0.15, 0.2) is 18.2 Å². The van der Waals surface area contributed by atoms with Gasteiger partial charge >= 0.3 is 0 Å². The van der Waals surface area contributed by atoms with Crippen LogP contribution in [-0.4, -0.2) is 36.4 Å². The first-order valence-electron chi connectivity index (χ1n) is 7.61. The van der Waals surface area contributed by atoms with Crippen molar-refractivity contribution < 1.29 is 14.6 Å². The molecule has 0 radical (unpaired) electrons. The fourth-order valence-corrected chi connectivity index (χ4v) is 2.75. The molecule has 0 atom stereocenters. The molecule has 1 aromatic rings. The molecule has 0 aliphatic carbocycles. The van der Waals surface area contributed by atoms with E-state index in [0.717, 1.165) is 6.42 Å². The highest BCUT2D eigenvalue weighted by molar-refractivity contribution is 5.76. The Hall–Kier alpha value is -1.39. The highest BCUT2D eigenvalue weighted by Crippen LogP contribution is 2.19. The van der Waals surface area contributed by atoms with Crippen molar-refractivity contribution >= 4 is 5.91 Å². The van der Waals surface area contributed by atoms with Gasteiger partial charge in [0.1, 0.15) is 0 Å². The molecule has 0 saturated carbocycles. The Labute approximate surface area is 126 Å². The van der Waals surface area contributed by atoms with Gasteiger partial charge < -0.3 is 15.2 Å². The van der Waals surface area contributed by atoms with Crippen LogP contribution in [0.25, 0.3) is 0 Å². The number of rotatable bonds is 5. The normalized spacial score (nSPS) is 17.5. The molecule has 4 nitrogen and oxygen atoms in total. The van der Waals surface area contributed by atoms with E-state index in [1.165, 1.54) is 16.7 Å². The highest BCUT2D eigenvalue weighted by Gasteiger charge is 2.29. The Morgan fingerprint density at radius 1 is 1.24 bits per heavy atom. The molecule has 1 saturated heterocycles. The average Bonchev–Trinajstić information content (AvgIpc) is 2.43. The minimum atomic E-state index is -0.798. The molecule has 1 heterocycles. The number of hydrogen-bond donors (Lipinski definition) is 2. The summed E-state index contributed by atoms with van der Waals surface area (Å²) in [5.74, 6) is -0.00549.